The first-order chi connectivity index (χ1) is 16.0. The number of benzene rings is 3. The molecule has 3 N–H and O–H groups in total. The summed E-state index contributed by atoms with van der Waals surface area (Å²) in [5.41, 5.74) is 6.27. The molecule has 3 aromatic carbocycles. The van der Waals surface area contributed by atoms with Gasteiger partial charge in [-0.3, -0.25) is 9.78 Å². The molecular weight excluding hydrogens is 419 g/mol. The van der Waals surface area contributed by atoms with Gasteiger partial charge in [0.1, 0.15) is 11.5 Å². The van der Waals surface area contributed by atoms with Crippen LogP contribution >= 0.6 is 0 Å². The van der Waals surface area contributed by atoms with Crippen LogP contribution in [0.2, 0.25) is 0 Å². The molecule has 0 bridgehead atoms. The van der Waals surface area contributed by atoms with E-state index in [1.54, 1.807) is 23.0 Å². The van der Waals surface area contributed by atoms with Crippen molar-refractivity contribution < 1.29 is 9.18 Å². The van der Waals surface area contributed by atoms with Crippen molar-refractivity contribution in [1.29, 1.82) is 0 Å². The van der Waals surface area contributed by atoms with Gasteiger partial charge in [0, 0.05) is 36.4 Å². The molecular formula is C25H21FN6O. The standard InChI is InChI=1S/C25H21FN6O/c1-32-15-19(14-28-32)24-22-10-9-18(11-23(22)30-31-24)17-7-5-16(6-8-17)13-27-25(33)29-21-4-2-3-20(26)12-21/h2-12,14-15H,13H2,1H3,(H,30,31)(H2,27,29,33). The van der Waals surface area contributed by atoms with Gasteiger partial charge in [0.05, 0.1) is 11.7 Å². The maximum absolute atomic E-state index is 13.2. The highest BCUT2D eigenvalue weighted by atomic mass is 19.1. The predicted octanol–water partition coefficient (Wildman–Crippen LogP) is 5.09. The van der Waals surface area contributed by atoms with Crippen molar-refractivity contribution in [1.82, 2.24) is 25.3 Å². The number of halogens is 1. The number of nitrogens with zero attached hydrogens (tertiary/aromatic N) is 3. The Morgan fingerprint density at radius 3 is 2.61 bits per heavy atom. The van der Waals surface area contributed by atoms with Gasteiger partial charge in [-0.2, -0.15) is 10.2 Å². The van der Waals surface area contributed by atoms with E-state index in [0.717, 1.165) is 38.9 Å². The Balaban J connectivity index is 1.26. The van der Waals surface area contributed by atoms with Gasteiger partial charge >= 0.3 is 6.03 Å². The third kappa shape index (κ3) is 4.45. The van der Waals surface area contributed by atoms with E-state index in [-0.39, 0.29) is 0 Å². The lowest BCUT2D eigenvalue weighted by Gasteiger charge is -2.09. The van der Waals surface area contributed by atoms with Gasteiger partial charge in [0.25, 0.3) is 0 Å². The molecule has 0 fully saturated rings. The average molecular weight is 440 g/mol. The molecule has 0 unspecified atom stereocenters. The molecule has 2 amide bonds. The van der Waals surface area contributed by atoms with Crippen molar-refractivity contribution in [3.05, 3.63) is 90.5 Å². The molecule has 0 atom stereocenters. The van der Waals surface area contributed by atoms with Gasteiger partial charge in [0.2, 0.25) is 0 Å². The summed E-state index contributed by atoms with van der Waals surface area (Å²) in [6.45, 7) is 0.357. The lowest BCUT2D eigenvalue weighted by molar-refractivity contribution is 0.251. The van der Waals surface area contributed by atoms with Crippen LogP contribution in [0.5, 0.6) is 0 Å². The molecule has 0 aliphatic carbocycles. The highest BCUT2D eigenvalue weighted by Gasteiger charge is 2.11. The van der Waals surface area contributed by atoms with E-state index >= 15 is 0 Å². The van der Waals surface area contributed by atoms with Crippen molar-refractivity contribution in [3.8, 4) is 22.4 Å². The number of urea groups is 1. The Morgan fingerprint density at radius 2 is 1.85 bits per heavy atom. The first-order valence-corrected chi connectivity index (χ1v) is 10.4. The first kappa shape index (κ1) is 20.4. The average Bonchev–Trinajstić information content (AvgIpc) is 3.43. The van der Waals surface area contributed by atoms with Crippen LogP contribution in [0.15, 0.2) is 79.1 Å². The van der Waals surface area contributed by atoms with Crippen molar-refractivity contribution in [2.75, 3.05) is 5.32 Å². The van der Waals surface area contributed by atoms with Crippen LogP contribution in [0.1, 0.15) is 5.56 Å². The number of H-pyrrole nitrogens is 1. The second-order valence-electron chi connectivity index (χ2n) is 7.75. The molecule has 164 valence electrons. The van der Waals surface area contributed by atoms with E-state index in [4.69, 9.17) is 0 Å². The number of rotatable bonds is 5. The largest absolute Gasteiger partial charge is 0.334 e. The summed E-state index contributed by atoms with van der Waals surface area (Å²) < 4.78 is 15.0. The summed E-state index contributed by atoms with van der Waals surface area (Å²) in [4.78, 5) is 12.1. The minimum absolute atomic E-state index is 0.357. The number of carbonyl (C=O) groups excluding carboxylic acids is 1. The lowest BCUT2D eigenvalue weighted by atomic mass is 10.0. The van der Waals surface area contributed by atoms with Crippen LogP contribution in [0, 0.1) is 5.82 Å². The Hall–Kier alpha value is -4.46. The van der Waals surface area contributed by atoms with E-state index < -0.39 is 11.8 Å². The fraction of sp³-hybridized carbons (Fsp3) is 0.0800. The second-order valence-corrected chi connectivity index (χ2v) is 7.75. The zero-order valence-electron chi connectivity index (χ0n) is 17.8. The van der Waals surface area contributed by atoms with Gasteiger partial charge in [-0.25, -0.2) is 9.18 Å². The fourth-order valence-corrected chi connectivity index (χ4v) is 3.70. The monoisotopic (exact) mass is 440 g/mol. The quantitative estimate of drug-likeness (QED) is 0.356. The van der Waals surface area contributed by atoms with E-state index in [9.17, 15) is 9.18 Å². The molecule has 0 saturated heterocycles. The smallest absolute Gasteiger partial charge is 0.319 e. The number of hydrogen-bond acceptors (Lipinski definition) is 3. The molecule has 8 heteroatoms. The van der Waals surface area contributed by atoms with E-state index in [1.807, 2.05) is 37.5 Å². The van der Waals surface area contributed by atoms with Crippen LogP contribution in [0.4, 0.5) is 14.9 Å². The van der Waals surface area contributed by atoms with Gasteiger partial charge in [0.15, 0.2) is 0 Å². The van der Waals surface area contributed by atoms with Crippen LogP contribution in [-0.4, -0.2) is 26.0 Å². The molecule has 7 nitrogen and oxygen atoms in total. The minimum atomic E-state index is -0.398. The van der Waals surface area contributed by atoms with Crippen molar-refractivity contribution in [2.24, 2.45) is 7.05 Å². The van der Waals surface area contributed by atoms with Crippen LogP contribution in [-0.2, 0) is 13.6 Å². The molecule has 5 rings (SSSR count). The van der Waals surface area contributed by atoms with E-state index in [0.29, 0.717) is 12.2 Å². The minimum Gasteiger partial charge on any atom is -0.334 e. The summed E-state index contributed by atoms with van der Waals surface area (Å²) in [5.74, 6) is -0.398. The molecule has 2 heterocycles. The zero-order chi connectivity index (χ0) is 22.8. The molecule has 2 aromatic heterocycles. The maximum atomic E-state index is 13.2. The van der Waals surface area contributed by atoms with Crippen LogP contribution < -0.4 is 10.6 Å². The number of amides is 2. The molecule has 0 radical (unpaired) electrons. The number of aryl methyl sites for hydroxylation is 1. The number of fused-ring (bicyclic) bond motifs is 1. The van der Waals surface area contributed by atoms with Crippen molar-refractivity contribution in [3.63, 3.8) is 0 Å². The number of hydrogen-bond donors (Lipinski definition) is 3. The third-order valence-corrected chi connectivity index (χ3v) is 5.36. The molecule has 5 aromatic rings. The summed E-state index contributed by atoms with van der Waals surface area (Å²) in [6.07, 6.45) is 3.74. The predicted molar refractivity (Wildman–Crippen MR) is 126 cm³/mol. The Kier molecular flexibility index (Phi) is 5.32. The van der Waals surface area contributed by atoms with E-state index in [2.05, 4.69) is 44.1 Å². The molecule has 0 saturated carbocycles. The summed E-state index contributed by atoms with van der Waals surface area (Å²) >= 11 is 0. The fourth-order valence-electron chi connectivity index (χ4n) is 3.70. The van der Waals surface area contributed by atoms with Gasteiger partial charge in [-0.15, -0.1) is 0 Å². The zero-order valence-corrected chi connectivity index (χ0v) is 17.8. The van der Waals surface area contributed by atoms with Crippen LogP contribution in [0.25, 0.3) is 33.3 Å². The number of carbonyl (C=O) groups is 1. The number of aromatic nitrogens is 4. The van der Waals surface area contributed by atoms with Gasteiger partial charge in [-0.05, 0) is 47.0 Å². The summed E-state index contributed by atoms with van der Waals surface area (Å²) in [6, 6.07) is 19.5. The number of anilines is 1. The number of nitrogens with one attached hydrogen (secondary N) is 3. The van der Waals surface area contributed by atoms with Crippen molar-refractivity contribution in [2.45, 2.75) is 6.54 Å². The normalized spacial score (nSPS) is 11.0. The molecule has 0 aliphatic rings. The van der Waals surface area contributed by atoms with Crippen molar-refractivity contribution >= 4 is 22.6 Å². The summed E-state index contributed by atoms with van der Waals surface area (Å²) in [7, 11) is 1.88. The molecule has 0 spiro atoms. The van der Waals surface area contributed by atoms with E-state index in [1.165, 1.54) is 12.1 Å². The Bertz CT molecular complexity index is 1440. The topological polar surface area (TPSA) is 87.6 Å². The molecule has 0 aliphatic heterocycles. The highest BCUT2D eigenvalue weighted by molar-refractivity contribution is 5.95. The SMILES string of the molecule is Cn1cc(-c2n[nH]c3cc(-c4ccc(CNC(=O)Nc5cccc(F)c5)cc4)ccc23)cn1. The molecule has 33 heavy (non-hydrogen) atoms. The van der Waals surface area contributed by atoms with Crippen LogP contribution in [0.3, 0.4) is 0 Å². The van der Waals surface area contributed by atoms with Gasteiger partial charge in [-0.1, -0.05) is 36.4 Å². The Morgan fingerprint density at radius 1 is 1.03 bits per heavy atom. The number of aromatic amines is 1. The second kappa shape index (κ2) is 8.58. The first-order valence-electron chi connectivity index (χ1n) is 10.4. The third-order valence-electron chi connectivity index (χ3n) is 5.36. The highest BCUT2D eigenvalue weighted by Crippen LogP contribution is 2.29. The Labute approximate surface area is 189 Å². The lowest BCUT2D eigenvalue weighted by Crippen LogP contribution is -2.28. The summed E-state index contributed by atoms with van der Waals surface area (Å²) in [5, 5.41) is 18.2. The maximum Gasteiger partial charge on any atom is 0.319 e. The van der Waals surface area contributed by atoms with Gasteiger partial charge < -0.3 is 10.6 Å².